The van der Waals surface area contributed by atoms with Crippen molar-refractivity contribution in [2.45, 2.75) is 51.9 Å². The molecular weight excluding hydrogens is 276 g/mol. The van der Waals surface area contributed by atoms with E-state index >= 15 is 0 Å². The maximum atomic E-state index is 8.99. The van der Waals surface area contributed by atoms with Gasteiger partial charge in [-0.3, -0.25) is 0 Å². The van der Waals surface area contributed by atoms with Crippen molar-refractivity contribution in [2.75, 3.05) is 6.61 Å². The highest BCUT2D eigenvalue weighted by Gasteiger charge is 2.37. The zero-order chi connectivity index (χ0) is 14.7. The first-order chi connectivity index (χ1) is 8.67. The van der Waals surface area contributed by atoms with Crippen molar-refractivity contribution >= 4 is 19.9 Å². The fourth-order valence-electron chi connectivity index (χ4n) is 1.50. The fraction of sp³-hybridized carbons (Fsp3) is 0.600. The van der Waals surface area contributed by atoms with Crippen molar-refractivity contribution in [3.63, 3.8) is 0 Å². The average Bonchev–Trinajstić information content (AvgIpc) is 2.29. The second kappa shape index (κ2) is 6.40. The zero-order valence-electron chi connectivity index (χ0n) is 12.6. The van der Waals surface area contributed by atoms with Crippen LogP contribution in [0, 0.1) is 0 Å². The number of hydrogen-bond acceptors (Lipinski definition) is 2. The van der Waals surface area contributed by atoms with Crippen LogP contribution in [0.2, 0.25) is 23.2 Å². The molecule has 1 rings (SSSR count). The predicted octanol–water partition coefficient (Wildman–Crippen LogP) is 4.40. The van der Waals surface area contributed by atoms with Crippen LogP contribution in [0.25, 0.3) is 0 Å². The molecule has 0 saturated heterocycles. The van der Waals surface area contributed by atoms with Gasteiger partial charge >= 0.3 is 0 Å². The smallest absolute Gasteiger partial charge is 0.192 e. The summed E-state index contributed by atoms with van der Waals surface area (Å²) in [6, 6.07) is 5.87. The monoisotopic (exact) mass is 300 g/mol. The predicted molar refractivity (Wildman–Crippen MR) is 84.2 cm³/mol. The van der Waals surface area contributed by atoms with E-state index in [1.54, 1.807) is 0 Å². The van der Waals surface area contributed by atoms with Gasteiger partial charge in [-0.15, -0.1) is 0 Å². The van der Waals surface area contributed by atoms with E-state index in [9.17, 15) is 0 Å². The first-order valence-electron chi connectivity index (χ1n) is 6.69. The van der Waals surface area contributed by atoms with E-state index in [-0.39, 0.29) is 11.6 Å². The molecule has 1 aromatic rings. The van der Waals surface area contributed by atoms with Gasteiger partial charge in [0.05, 0.1) is 6.61 Å². The van der Waals surface area contributed by atoms with Crippen molar-refractivity contribution in [1.29, 1.82) is 0 Å². The molecule has 19 heavy (non-hydrogen) atoms. The number of benzene rings is 1. The number of halogens is 1. The largest absolute Gasteiger partial charge is 0.413 e. The quantitative estimate of drug-likeness (QED) is 0.817. The number of aliphatic hydroxyl groups is 1. The van der Waals surface area contributed by atoms with Crippen LogP contribution >= 0.6 is 11.6 Å². The van der Waals surface area contributed by atoms with E-state index in [0.29, 0.717) is 13.0 Å². The topological polar surface area (TPSA) is 29.5 Å². The molecule has 0 spiro atoms. The summed E-state index contributed by atoms with van der Waals surface area (Å²) in [6.07, 6.45) is 0.657. The lowest BCUT2D eigenvalue weighted by atomic mass is 10.1. The van der Waals surface area contributed by atoms with Crippen molar-refractivity contribution in [3.8, 4) is 0 Å². The molecule has 2 nitrogen and oxygen atoms in total. The third kappa shape index (κ3) is 4.60. The van der Waals surface area contributed by atoms with E-state index in [4.69, 9.17) is 21.1 Å². The maximum absolute atomic E-state index is 8.99. The van der Waals surface area contributed by atoms with Gasteiger partial charge in [-0.1, -0.05) is 44.5 Å². The van der Waals surface area contributed by atoms with Gasteiger partial charge in [0.15, 0.2) is 8.32 Å². The van der Waals surface area contributed by atoms with Gasteiger partial charge in [0.2, 0.25) is 0 Å². The van der Waals surface area contributed by atoms with E-state index in [1.165, 1.54) is 0 Å². The van der Waals surface area contributed by atoms with Gasteiger partial charge < -0.3 is 9.53 Å². The van der Waals surface area contributed by atoms with E-state index in [2.05, 4.69) is 33.9 Å². The molecule has 1 aromatic carbocycles. The van der Waals surface area contributed by atoms with E-state index in [1.807, 2.05) is 18.2 Å². The molecule has 0 unspecified atom stereocenters. The minimum absolute atomic E-state index is 0.157. The van der Waals surface area contributed by atoms with Crippen LogP contribution in [0.5, 0.6) is 0 Å². The molecule has 1 N–H and O–H groups in total. The molecule has 0 aliphatic heterocycles. The third-order valence-corrected chi connectivity index (χ3v) is 8.75. The Morgan fingerprint density at radius 2 is 1.89 bits per heavy atom. The normalized spacial score (nSPS) is 12.8. The van der Waals surface area contributed by atoms with Crippen LogP contribution in [-0.2, 0) is 17.5 Å². The standard InChI is InChI=1S/C15H25ClO2Si/c1-15(2,3)19(4,5)18-11-13-10-12(8-9-17)6-7-14(13)16/h6-7,10,17H,8-9,11H2,1-5H3. The second-order valence-corrected chi connectivity index (χ2v) is 11.7. The highest BCUT2D eigenvalue weighted by molar-refractivity contribution is 6.74. The zero-order valence-corrected chi connectivity index (χ0v) is 14.3. The Morgan fingerprint density at radius 3 is 2.42 bits per heavy atom. The molecule has 0 fully saturated rings. The SMILES string of the molecule is CC(C)(C)[Si](C)(C)OCc1cc(CCO)ccc1Cl. The molecule has 108 valence electrons. The van der Waals surface area contributed by atoms with E-state index in [0.717, 1.165) is 16.1 Å². The fourth-order valence-corrected chi connectivity index (χ4v) is 2.62. The molecule has 0 bridgehead atoms. The van der Waals surface area contributed by atoms with Crippen LogP contribution in [0.4, 0.5) is 0 Å². The first-order valence-corrected chi connectivity index (χ1v) is 9.98. The molecule has 0 aliphatic carbocycles. The Labute approximate surface area is 122 Å². The minimum Gasteiger partial charge on any atom is -0.413 e. The Bertz CT molecular complexity index is 425. The minimum atomic E-state index is -1.75. The molecule has 0 heterocycles. The lowest BCUT2D eigenvalue weighted by molar-refractivity contribution is 0.276. The summed E-state index contributed by atoms with van der Waals surface area (Å²) < 4.78 is 6.19. The lowest BCUT2D eigenvalue weighted by Gasteiger charge is -2.36. The Morgan fingerprint density at radius 1 is 1.26 bits per heavy atom. The van der Waals surface area contributed by atoms with Crippen LogP contribution in [0.3, 0.4) is 0 Å². The van der Waals surface area contributed by atoms with Crippen molar-refractivity contribution in [1.82, 2.24) is 0 Å². The summed E-state index contributed by atoms with van der Waals surface area (Å²) in [7, 11) is -1.75. The van der Waals surface area contributed by atoms with Crippen LogP contribution in [0.15, 0.2) is 18.2 Å². The summed E-state index contributed by atoms with van der Waals surface area (Å²) in [5.74, 6) is 0. The van der Waals surface area contributed by atoms with Crippen molar-refractivity contribution < 1.29 is 9.53 Å². The first kappa shape index (κ1) is 16.7. The van der Waals surface area contributed by atoms with Gasteiger partial charge in [0.25, 0.3) is 0 Å². The molecular formula is C15H25ClO2Si. The van der Waals surface area contributed by atoms with Gasteiger partial charge in [-0.2, -0.15) is 0 Å². The van der Waals surface area contributed by atoms with Gasteiger partial charge in [0.1, 0.15) is 0 Å². The number of hydrogen-bond donors (Lipinski definition) is 1. The van der Waals surface area contributed by atoms with E-state index < -0.39 is 8.32 Å². The Hall–Kier alpha value is -0.353. The second-order valence-electron chi connectivity index (χ2n) is 6.45. The highest BCUT2D eigenvalue weighted by Crippen LogP contribution is 2.37. The molecule has 0 radical (unpaired) electrons. The molecule has 0 aliphatic rings. The Balaban J connectivity index is 2.80. The van der Waals surface area contributed by atoms with Crippen LogP contribution in [-0.4, -0.2) is 20.0 Å². The van der Waals surface area contributed by atoms with Gasteiger partial charge in [-0.25, -0.2) is 0 Å². The highest BCUT2D eigenvalue weighted by atomic mass is 35.5. The summed E-state index contributed by atoms with van der Waals surface area (Å²) in [5.41, 5.74) is 2.11. The number of aliphatic hydroxyl groups excluding tert-OH is 1. The average molecular weight is 301 g/mol. The number of rotatable bonds is 5. The summed E-state index contributed by atoms with van der Waals surface area (Å²) in [6.45, 7) is 11.9. The molecule has 4 heteroatoms. The maximum Gasteiger partial charge on any atom is 0.192 e. The lowest BCUT2D eigenvalue weighted by Crippen LogP contribution is -2.40. The molecule has 0 saturated carbocycles. The summed E-state index contributed by atoms with van der Waals surface area (Å²) >= 11 is 6.21. The third-order valence-electron chi connectivity index (χ3n) is 3.91. The molecule has 0 aromatic heterocycles. The Kier molecular flexibility index (Phi) is 5.62. The van der Waals surface area contributed by atoms with Crippen LogP contribution < -0.4 is 0 Å². The summed E-state index contributed by atoms with van der Waals surface area (Å²) in [4.78, 5) is 0. The van der Waals surface area contributed by atoms with Crippen molar-refractivity contribution in [3.05, 3.63) is 34.3 Å². The summed E-state index contributed by atoms with van der Waals surface area (Å²) in [5, 5.41) is 9.92. The van der Waals surface area contributed by atoms with Gasteiger partial charge in [-0.05, 0) is 41.7 Å². The molecule has 0 atom stereocenters. The van der Waals surface area contributed by atoms with Crippen LogP contribution in [0.1, 0.15) is 31.9 Å². The molecule has 0 amide bonds. The van der Waals surface area contributed by atoms with Crippen molar-refractivity contribution in [2.24, 2.45) is 0 Å². The van der Waals surface area contributed by atoms with Gasteiger partial charge in [0, 0.05) is 11.6 Å².